The Bertz CT molecular complexity index is 1220. The average molecular weight is 573 g/mol. The van der Waals surface area contributed by atoms with Crippen LogP contribution < -0.4 is 9.47 Å². The van der Waals surface area contributed by atoms with E-state index in [0.29, 0.717) is 4.90 Å². The molecule has 5 rings (SSSR count). The van der Waals surface area contributed by atoms with Crippen molar-refractivity contribution in [1.29, 1.82) is 0 Å². The molecule has 2 aliphatic rings. The van der Waals surface area contributed by atoms with Crippen LogP contribution in [0, 0.1) is 0 Å². The summed E-state index contributed by atoms with van der Waals surface area (Å²) in [5.41, 5.74) is 1.44. The van der Waals surface area contributed by atoms with Crippen molar-refractivity contribution in [3.8, 4) is 11.5 Å². The number of nitrogens with zero attached hydrogens (tertiary/aromatic N) is 1. The van der Waals surface area contributed by atoms with Gasteiger partial charge in [-0.2, -0.15) is 4.90 Å². The van der Waals surface area contributed by atoms with Gasteiger partial charge in [-0.1, -0.05) is 60.7 Å². The van der Waals surface area contributed by atoms with Crippen molar-refractivity contribution >= 4 is 49.8 Å². The molecule has 7 nitrogen and oxygen atoms in total. The molecule has 0 aromatic heterocycles. The Morgan fingerprint density at radius 1 is 0.848 bits per heavy atom. The van der Waals surface area contributed by atoms with Crippen LogP contribution in [0.15, 0.2) is 69.6 Å². The van der Waals surface area contributed by atoms with Crippen molar-refractivity contribution in [1.82, 2.24) is 4.90 Å². The quantitative estimate of drug-likeness (QED) is 0.378. The highest BCUT2D eigenvalue weighted by Crippen LogP contribution is 2.57. The third-order valence-electron chi connectivity index (χ3n) is 5.38. The molecule has 9 heteroatoms. The van der Waals surface area contributed by atoms with Gasteiger partial charge >= 0.3 is 11.9 Å². The number of hydrogen-bond donors (Lipinski definition) is 0. The summed E-state index contributed by atoms with van der Waals surface area (Å²) in [5.74, 6) is -2.48. The molecule has 2 aliphatic heterocycles. The molecule has 0 bridgehead atoms. The fourth-order valence-corrected chi connectivity index (χ4v) is 5.18. The van der Waals surface area contributed by atoms with E-state index >= 15 is 0 Å². The van der Waals surface area contributed by atoms with Crippen molar-refractivity contribution in [3.05, 3.63) is 91.9 Å². The molecule has 0 saturated heterocycles. The molecule has 166 valence electrons. The molecule has 0 aliphatic carbocycles. The molecule has 0 atom stereocenters. The lowest BCUT2D eigenvalue weighted by molar-refractivity contribution is -0.0465. The van der Waals surface area contributed by atoms with E-state index < -0.39 is 23.7 Å². The zero-order valence-electron chi connectivity index (χ0n) is 17.1. The standard InChI is InChI=1S/C24H15Br2NO6/c1-2-31-23(30)27-21(28)15-16(22(27)29)18(26)20-19(17(15)25)32-24(33-20,13-9-5-3-6-10-13)14-11-7-4-8-12-14/h3-12H,2H2,1H3. The highest BCUT2D eigenvalue weighted by Gasteiger charge is 2.52. The highest BCUT2D eigenvalue weighted by atomic mass is 79.9. The van der Waals surface area contributed by atoms with Gasteiger partial charge in [0.05, 0.1) is 26.7 Å². The Kier molecular flexibility index (Phi) is 5.25. The summed E-state index contributed by atoms with van der Waals surface area (Å²) in [6.45, 7) is 1.61. The average Bonchev–Trinajstić information content (AvgIpc) is 3.36. The van der Waals surface area contributed by atoms with Crippen molar-refractivity contribution in [2.24, 2.45) is 0 Å². The smallest absolute Gasteiger partial charge is 0.424 e. The minimum atomic E-state index is -1.35. The summed E-state index contributed by atoms with van der Waals surface area (Å²) in [7, 11) is 0. The van der Waals surface area contributed by atoms with Gasteiger partial charge in [-0.25, -0.2) is 4.79 Å². The second kappa shape index (κ2) is 8.00. The van der Waals surface area contributed by atoms with Gasteiger partial charge in [0.1, 0.15) is 0 Å². The van der Waals surface area contributed by atoms with E-state index in [1.54, 1.807) is 6.92 Å². The Morgan fingerprint density at radius 2 is 1.27 bits per heavy atom. The van der Waals surface area contributed by atoms with Crippen LogP contribution in [0.25, 0.3) is 0 Å². The van der Waals surface area contributed by atoms with E-state index in [1.807, 2.05) is 60.7 Å². The van der Waals surface area contributed by atoms with Crippen molar-refractivity contribution in [2.45, 2.75) is 12.7 Å². The number of ether oxygens (including phenoxy) is 3. The van der Waals surface area contributed by atoms with Crippen molar-refractivity contribution < 1.29 is 28.6 Å². The summed E-state index contributed by atoms with van der Waals surface area (Å²) in [4.78, 5) is 38.8. The van der Waals surface area contributed by atoms with Gasteiger partial charge in [-0.15, -0.1) is 0 Å². The fourth-order valence-electron chi connectivity index (χ4n) is 3.93. The van der Waals surface area contributed by atoms with Crippen LogP contribution in [-0.2, 0) is 10.5 Å². The number of hydrogen-bond acceptors (Lipinski definition) is 6. The third kappa shape index (κ3) is 3.10. The van der Waals surface area contributed by atoms with Crippen LogP contribution in [0.3, 0.4) is 0 Å². The maximum absolute atomic E-state index is 13.1. The van der Waals surface area contributed by atoms with E-state index in [-0.39, 0.29) is 38.2 Å². The van der Waals surface area contributed by atoms with Crippen LogP contribution in [-0.4, -0.2) is 29.4 Å². The molecular formula is C24H15Br2NO6. The van der Waals surface area contributed by atoms with Crippen LogP contribution in [0.4, 0.5) is 4.79 Å². The number of amides is 3. The molecule has 2 heterocycles. The predicted octanol–water partition coefficient (Wildman–Crippen LogP) is 5.64. The lowest BCUT2D eigenvalue weighted by Crippen LogP contribution is -2.37. The number of fused-ring (bicyclic) bond motifs is 2. The molecule has 3 aromatic rings. The molecule has 0 saturated carbocycles. The Hall–Kier alpha value is -3.17. The van der Waals surface area contributed by atoms with Gasteiger partial charge in [-0.3, -0.25) is 9.59 Å². The van der Waals surface area contributed by atoms with E-state index in [9.17, 15) is 14.4 Å². The first-order valence-corrected chi connectivity index (χ1v) is 11.6. The first kappa shape index (κ1) is 21.7. The zero-order chi connectivity index (χ0) is 23.3. The number of rotatable bonds is 3. The monoisotopic (exact) mass is 571 g/mol. The minimum absolute atomic E-state index is 0.000739. The fraction of sp³-hybridized carbons (Fsp3) is 0.125. The Labute approximate surface area is 205 Å². The van der Waals surface area contributed by atoms with Crippen LogP contribution in [0.5, 0.6) is 11.5 Å². The molecule has 3 aromatic carbocycles. The van der Waals surface area contributed by atoms with Crippen LogP contribution in [0.1, 0.15) is 38.8 Å². The highest BCUT2D eigenvalue weighted by molar-refractivity contribution is 9.11. The van der Waals surface area contributed by atoms with E-state index in [1.165, 1.54) is 0 Å². The first-order chi connectivity index (χ1) is 15.9. The number of benzene rings is 3. The molecule has 0 N–H and O–H groups in total. The summed E-state index contributed by atoms with van der Waals surface area (Å²) in [6, 6.07) is 18.7. The summed E-state index contributed by atoms with van der Waals surface area (Å²) in [6.07, 6.45) is -1.03. The SMILES string of the molecule is CCOC(=O)N1C(=O)c2c(Br)c3c(c(Br)c2C1=O)OC(c1ccccc1)(c1ccccc1)O3. The lowest BCUT2D eigenvalue weighted by Gasteiger charge is -2.28. The van der Waals surface area contributed by atoms with E-state index in [0.717, 1.165) is 11.1 Å². The van der Waals surface area contributed by atoms with E-state index in [4.69, 9.17) is 14.2 Å². The minimum Gasteiger partial charge on any atom is -0.449 e. The van der Waals surface area contributed by atoms with Gasteiger partial charge in [-0.05, 0) is 38.8 Å². The van der Waals surface area contributed by atoms with E-state index in [2.05, 4.69) is 31.9 Å². The maximum Gasteiger partial charge on any atom is 0.424 e. The molecule has 0 spiro atoms. The summed E-state index contributed by atoms with van der Waals surface area (Å²) in [5, 5.41) is 0. The largest absolute Gasteiger partial charge is 0.449 e. The normalized spacial score (nSPS) is 15.5. The van der Waals surface area contributed by atoms with Crippen LogP contribution in [0.2, 0.25) is 0 Å². The Balaban J connectivity index is 1.69. The topological polar surface area (TPSA) is 82.1 Å². The van der Waals surface area contributed by atoms with Gasteiger partial charge in [0.25, 0.3) is 11.8 Å². The van der Waals surface area contributed by atoms with Gasteiger partial charge in [0.15, 0.2) is 11.5 Å². The molecule has 0 unspecified atom stereocenters. The predicted molar refractivity (Wildman–Crippen MR) is 124 cm³/mol. The maximum atomic E-state index is 13.1. The first-order valence-electron chi connectivity index (χ1n) is 10.00. The third-order valence-corrected chi connectivity index (χ3v) is 6.89. The van der Waals surface area contributed by atoms with Crippen molar-refractivity contribution in [3.63, 3.8) is 0 Å². The Morgan fingerprint density at radius 3 is 1.67 bits per heavy atom. The summed E-state index contributed by atoms with van der Waals surface area (Å²) < 4.78 is 18.2. The molecule has 0 fully saturated rings. The molecule has 33 heavy (non-hydrogen) atoms. The lowest BCUT2D eigenvalue weighted by atomic mass is 9.97. The second-order valence-electron chi connectivity index (χ2n) is 7.23. The zero-order valence-corrected chi connectivity index (χ0v) is 20.3. The van der Waals surface area contributed by atoms with Crippen molar-refractivity contribution in [2.75, 3.05) is 6.61 Å². The number of carbonyl (C=O) groups excluding carboxylic acids is 3. The molecule has 0 radical (unpaired) electrons. The second-order valence-corrected chi connectivity index (χ2v) is 8.82. The van der Waals surface area contributed by atoms with Crippen LogP contribution >= 0.6 is 31.9 Å². The molecule has 3 amide bonds. The summed E-state index contributed by atoms with van der Waals surface area (Å²) >= 11 is 6.84. The molecular weight excluding hydrogens is 558 g/mol. The van der Waals surface area contributed by atoms with Gasteiger partial charge in [0, 0.05) is 11.1 Å². The van der Waals surface area contributed by atoms with Gasteiger partial charge < -0.3 is 14.2 Å². The van der Waals surface area contributed by atoms with Gasteiger partial charge in [0.2, 0.25) is 0 Å². The number of halogens is 2. The number of imide groups is 3. The number of carbonyl (C=O) groups is 3.